The number of benzene rings is 1. The largest absolute Gasteiger partial charge is 0.274 e. The fourth-order valence-electron chi connectivity index (χ4n) is 2.15. The number of thiazole rings is 1. The van der Waals surface area contributed by atoms with Crippen LogP contribution in [0.15, 0.2) is 45.0 Å². The lowest BCUT2D eigenvalue weighted by atomic mass is 10.3. The van der Waals surface area contributed by atoms with Gasteiger partial charge >= 0.3 is 0 Å². The molecule has 0 radical (unpaired) electrons. The molecule has 3 heterocycles. The molecule has 0 saturated carbocycles. The van der Waals surface area contributed by atoms with Gasteiger partial charge in [-0.1, -0.05) is 23.5 Å². The van der Waals surface area contributed by atoms with Gasteiger partial charge in [-0.25, -0.2) is 9.38 Å². The van der Waals surface area contributed by atoms with E-state index in [9.17, 15) is 4.79 Å². The van der Waals surface area contributed by atoms with Crippen LogP contribution in [0, 0.1) is 0 Å². The number of imidazole rings is 1. The van der Waals surface area contributed by atoms with Crippen molar-refractivity contribution >= 4 is 60.7 Å². The SMILES string of the molecule is O=c1/c(=C\c2ccc(Br)s2)sc2nc3ccccc3n12. The number of rotatable bonds is 1. The quantitative estimate of drug-likeness (QED) is 0.520. The molecule has 0 aliphatic carbocycles. The Balaban J connectivity index is 2.05. The predicted octanol–water partition coefficient (Wildman–Crippen LogP) is 3.28. The van der Waals surface area contributed by atoms with Crippen LogP contribution in [0.4, 0.5) is 0 Å². The number of hydrogen-bond acceptors (Lipinski definition) is 4. The van der Waals surface area contributed by atoms with E-state index in [0.29, 0.717) is 4.53 Å². The first kappa shape index (κ1) is 12.3. The first-order valence-electron chi connectivity index (χ1n) is 5.89. The van der Waals surface area contributed by atoms with E-state index in [1.54, 1.807) is 15.7 Å². The second-order valence-electron chi connectivity index (χ2n) is 4.28. The Morgan fingerprint density at radius 2 is 2.00 bits per heavy atom. The summed E-state index contributed by atoms with van der Waals surface area (Å²) in [6, 6.07) is 11.7. The normalized spacial score (nSPS) is 12.8. The molecule has 0 aliphatic rings. The molecule has 4 aromatic rings. The molecular formula is C14H7BrN2OS2. The second-order valence-corrected chi connectivity index (χ2v) is 7.78. The molecule has 0 amide bonds. The highest BCUT2D eigenvalue weighted by Gasteiger charge is 2.10. The smallest absolute Gasteiger partial charge is 0.267 e. The summed E-state index contributed by atoms with van der Waals surface area (Å²) in [5.74, 6) is 0. The van der Waals surface area contributed by atoms with E-state index < -0.39 is 0 Å². The number of hydrogen-bond donors (Lipinski definition) is 0. The predicted molar refractivity (Wildman–Crippen MR) is 87.6 cm³/mol. The van der Waals surface area contributed by atoms with Crippen LogP contribution >= 0.6 is 38.6 Å². The number of nitrogens with zero attached hydrogens (tertiary/aromatic N) is 2. The number of halogens is 1. The Kier molecular flexibility index (Phi) is 2.76. The molecule has 3 aromatic heterocycles. The van der Waals surface area contributed by atoms with Gasteiger partial charge in [-0.3, -0.25) is 4.79 Å². The molecular weight excluding hydrogens is 356 g/mol. The molecule has 20 heavy (non-hydrogen) atoms. The maximum atomic E-state index is 12.5. The molecule has 3 nitrogen and oxygen atoms in total. The van der Waals surface area contributed by atoms with Crippen molar-refractivity contribution in [3.05, 3.63) is 59.9 Å². The van der Waals surface area contributed by atoms with E-state index >= 15 is 0 Å². The average molecular weight is 363 g/mol. The van der Waals surface area contributed by atoms with Crippen molar-refractivity contribution < 1.29 is 0 Å². The van der Waals surface area contributed by atoms with Crippen LogP contribution in [0.5, 0.6) is 0 Å². The third-order valence-electron chi connectivity index (χ3n) is 3.01. The van der Waals surface area contributed by atoms with Gasteiger partial charge in [0.05, 0.1) is 19.4 Å². The summed E-state index contributed by atoms with van der Waals surface area (Å²) in [7, 11) is 0. The van der Waals surface area contributed by atoms with E-state index in [1.165, 1.54) is 11.3 Å². The Morgan fingerprint density at radius 3 is 2.80 bits per heavy atom. The minimum atomic E-state index is 0.00298. The maximum absolute atomic E-state index is 12.5. The molecule has 0 spiro atoms. The van der Waals surface area contributed by atoms with Gasteiger partial charge in [0, 0.05) is 4.88 Å². The van der Waals surface area contributed by atoms with Gasteiger partial charge in [0.1, 0.15) is 0 Å². The molecule has 0 aliphatic heterocycles. The Bertz CT molecular complexity index is 1040. The van der Waals surface area contributed by atoms with Crippen molar-refractivity contribution in [3.63, 3.8) is 0 Å². The summed E-state index contributed by atoms with van der Waals surface area (Å²) in [5, 5.41) is 0. The van der Waals surface area contributed by atoms with Gasteiger partial charge in [0.25, 0.3) is 5.56 Å². The van der Waals surface area contributed by atoms with Gasteiger partial charge < -0.3 is 0 Å². The summed E-state index contributed by atoms with van der Waals surface area (Å²) in [4.78, 5) is 18.8. The average Bonchev–Trinajstić information content (AvgIpc) is 3.07. The van der Waals surface area contributed by atoms with Crippen LogP contribution in [-0.2, 0) is 0 Å². The van der Waals surface area contributed by atoms with E-state index in [4.69, 9.17) is 0 Å². The van der Waals surface area contributed by atoms with Crippen LogP contribution in [0.25, 0.3) is 22.1 Å². The maximum Gasteiger partial charge on any atom is 0.274 e. The standard InChI is InChI=1S/C14H7BrN2OS2/c15-12-6-5-8(19-12)7-11-13(18)17-10-4-2-1-3-9(10)16-14(17)20-11/h1-7H/b11-7+. The molecule has 0 bridgehead atoms. The summed E-state index contributed by atoms with van der Waals surface area (Å²) >= 11 is 6.47. The zero-order valence-electron chi connectivity index (χ0n) is 10.0. The fourth-order valence-corrected chi connectivity index (χ4v) is 4.57. The lowest BCUT2D eigenvalue weighted by Crippen LogP contribution is -2.22. The zero-order chi connectivity index (χ0) is 13.7. The van der Waals surface area contributed by atoms with Crippen LogP contribution in [0.3, 0.4) is 0 Å². The van der Waals surface area contributed by atoms with Gasteiger partial charge in [-0.05, 0) is 46.3 Å². The van der Waals surface area contributed by atoms with Gasteiger partial charge in [-0.15, -0.1) is 11.3 Å². The highest BCUT2D eigenvalue weighted by Crippen LogP contribution is 2.22. The van der Waals surface area contributed by atoms with Crippen molar-refractivity contribution in [2.75, 3.05) is 0 Å². The number of aromatic nitrogens is 2. The van der Waals surface area contributed by atoms with Crippen LogP contribution in [0.1, 0.15) is 4.88 Å². The monoisotopic (exact) mass is 362 g/mol. The molecule has 98 valence electrons. The number of fused-ring (bicyclic) bond motifs is 3. The molecule has 1 aromatic carbocycles. The van der Waals surface area contributed by atoms with Crippen LogP contribution in [-0.4, -0.2) is 9.38 Å². The van der Waals surface area contributed by atoms with E-state index in [1.807, 2.05) is 42.5 Å². The van der Waals surface area contributed by atoms with Crippen molar-refractivity contribution in [3.8, 4) is 0 Å². The minimum Gasteiger partial charge on any atom is -0.267 e. The lowest BCUT2D eigenvalue weighted by Gasteiger charge is -1.86. The third kappa shape index (κ3) is 1.83. The second kappa shape index (κ2) is 4.51. The number of thiophene rings is 1. The fraction of sp³-hybridized carbons (Fsp3) is 0. The topological polar surface area (TPSA) is 34.4 Å². The molecule has 0 saturated heterocycles. The highest BCUT2D eigenvalue weighted by molar-refractivity contribution is 9.11. The molecule has 0 N–H and O–H groups in total. The van der Waals surface area contributed by atoms with Gasteiger partial charge in [-0.2, -0.15) is 0 Å². The minimum absolute atomic E-state index is 0.00298. The summed E-state index contributed by atoms with van der Waals surface area (Å²) in [6.07, 6.45) is 1.92. The first-order chi connectivity index (χ1) is 9.72. The van der Waals surface area contributed by atoms with Crippen molar-refractivity contribution in [1.82, 2.24) is 9.38 Å². The first-order valence-corrected chi connectivity index (χ1v) is 8.32. The molecule has 0 unspecified atom stereocenters. The molecule has 4 rings (SSSR count). The van der Waals surface area contributed by atoms with Crippen molar-refractivity contribution in [1.29, 1.82) is 0 Å². The van der Waals surface area contributed by atoms with E-state index in [2.05, 4.69) is 20.9 Å². The van der Waals surface area contributed by atoms with Gasteiger partial charge in [0.15, 0.2) is 4.96 Å². The molecule has 0 atom stereocenters. The van der Waals surface area contributed by atoms with Crippen molar-refractivity contribution in [2.24, 2.45) is 0 Å². The molecule has 6 heteroatoms. The molecule has 0 fully saturated rings. The highest BCUT2D eigenvalue weighted by atomic mass is 79.9. The van der Waals surface area contributed by atoms with Gasteiger partial charge in [0.2, 0.25) is 0 Å². The lowest BCUT2D eigenvalue weighted by molar-refractivity contribution is 1.19. The summed E-state index contributed by atoms with van der Waals surface area (Å²) < 4.78 is 3.46. The van der Waals surface area contributed by atoms with Crippen LogP contribution < -0.4 is 10.1 Å². The Hall–Kier alpha value is -1.50. The Labute approximate surface area is 129 Å². The summed E-state index contributed by atoms with van der Waals surface area (Å²) in [6.45, 7) is 0. The van der Waals surface area contributed by atoms with Crippen molar-refractivity contribution in [2.45, 2.75) is 0 Å². The van der Waals surface area contributed by atoms with E-state index in [-0.39, 0.29) is 5.56 Å². The third-order valence-corrected chi connectivity index (χ3v) is 5.55. The van der Waals surface area contributed by atoms with Crippen LogP contribution in [0.2, 0.25) is 0 Å². The summed E-state index contributed by atoms with van der Waals surface area (Å²) in [5.41, 5.74) is 1.74. The number of para-hydroxylation sites is 2. The van der Waals surface area contributed by atoms with E-state index in [0.717, 1.165) is 24.7 Å². The Morgan fingerprint density at radius 1 is 1.15 bits per heavy atom. The zero-order valence-corrected chi connectivity index (χ0v) is 13.3.